The van der Waals surface area contributed by atoms with Gasteiger partial charge in [0.05, 0.1) is 0 Å². The third kappa shape index (κ3) is 2.51. The first kappa shape index (κ1) is 11.6. The second-order valence-electron chi connectivity index (χ2n) is 4.93. The van der Waals surface area contributed by atoms with Crippen molar-refractivity contribution in [3.05, 3.63) is 65.2 Å². The molecule has 0 spiro atoms. The summed E-state index contributed by atoms with van der Waals surface area (Å²) in [5.74, 6) is 0.711. The largest absolute Gasteiger partial charge is 0.382 e. The van der Waals surface area contributed by atoms with Gasteiger partial charge in [0.25, 0.3) is 0 Å². The van der Waals surface area contributed by atoms with Crippen molar-refractivity contribution < 1.29 is 0 Å². The Balaban J connectivity index is 1.57. The van der Waals surface area contributed by atoms with Gasteiger partial charge in [-0.2, -0.15) is 0 Å². The van der Waals surface area contributed by atoms with Crippen LogP contribution in [0.4, 0.5) is 5.69 Å². The Hall–Kier alpha value is -1.47. The van der Waals surface area contributed by atoms with Crippen LogP contribution in [0.5, 0.6) is 0 Å². The van der Waals surface area contributed by atoms with Gasteiger partial charge in [-0.05, 0) is 42.5 Å². The molecule has 0 aromatic heterocycles. The fraction of sp³-hybridized carbons (Fsp3) is 0.250. The Morgan fingerprint density at radius 3 is 2.44 bits per heavy atom. The van der Waals surface area contributed by atoms with Crippen molar-refractivity contribution in [1.82, 2.24) is 0 Å². The molecule has 1 saturated carbocycles. The summed E-state index contributed by atoms with van der Waals surface area (Å²) < 4.78 is 0. The quantitative estimate of drug-likeness (QED) is 0.841. The van der Waals surface area contributed by atoms with Gasteiger partial charge in [0.15, 0.2) is 0 Å². The number of hydrogen-bond donors (Lipinski definition) is 1. The zero-order chi connectivity index (χ0) is 12.4. The second-order valence-corrected chi connectivity index (χ2v) is 5.37. The molecule has 18 heavy (non-hydrogen) atoms. The topological polar surface area (TPSA) is 12.0 Å². The predicted octanol–water partition coefficient (Wildman–Crippen LogP) is 4.70. The molecular formula is C16H16ClN. The molecule has 0 saturated heterocycles. The number of halogens is 1. The highest BCUT2D eigenvalue weighted by atomic mass is 35.5. The van der Waals surface area contributed by atoms with E-state index in [1.807, 2.05) is 18.2 Å². The molecule has 92 valence electrons. The van der Waals surface area contributed by atoms with Crippen molar-refractivity contribution in [3.63, 3.8) is 0 Å². The smallest absolute Gasteiger partial charge is 0.0426 e. The maximum Gasteiger partial charge on any atom is 0.0426 e. The third-order valence-corrected chi connectivity index (χ3v) is 3.84. The number of benzene rings is 2. The zero-order valence-corrected chi connectivity index (χ0v) is 10.9. The highest BCUT2D eigenvalue weighted by Gasteiger charge is 2.29. The maximum absolute atomic E-state index is 5.97. The summed E-state index contributed by atoms with van der Waals surface area (Å²) in [4.78, 5) is 0. The Labute approximate surface area is 113 Å². The van der Waals surface area contributed by atoms with Gasteiger partial charge in [-0.3, -0.25) is 0 Å². The van der Waals surface area contributed by atoms with E-state index in [1.54, 1.807) is 0 Å². The molecule has 1 aliphatic rings. The van der Waals surface area contributed by atoms with Crippen LogP contribution in [0.2, 0.25) is 5.02 Å². The summed E-state index contributed by atoms with van der Waals surface area (Å²) in [7, 11) is 0. The molecule has 2 aromatic carbocycles. The molecule has 2 heteroatoms. The van der Waals surface area contributed by atoms with Crippen LogP contribution >= 0.6 is 11.6 Å². The Morgan fingerprint density at radius 1 is 0.944 bits per heavy atom. The van der Waals surface area contributed by atoms with Crippen LogP contribution in [-0.2, 0) is 0 Å². The average Bonchev–Trinajstić information content (AvgIpc) is 2.34. The molecule has 0 radical (unpaired) electrons. The lowest BCUT2D eigenvalue weighted by Gasteiger charge is -2.37. The van der Waals surface area contributed by atoms with Gasteiger partial charge in [-0.15, -0.1) is 0 Å². The maximum atomic E-state index is 5.97. The first-order chi connectivity index (χ1) is 8.81. The van der Waals surface area contributed by atoms with E-state index >= 15 is 0 Å². The number of anilines is 1. The van der Waals surface area contributed by atoms with E-state index < -0.39 is 0 Å². The van der Waals surface area contributed by atoms with Crippen molar-refractivity contribution in [1.29, 1.82) is 0 Å². The number of hydrogen-bond acceptors (Lipinski definition) is 1. The molecule has 0 atom stereocenters. The van der Waals surface area contributed by atoms with Crippen molar-refractivity contribution >= 4 is 17.3 Å². The van der Waals surface area contributed by atoms with Crippen LogP contribution in [0.3, 0.4) is 0 Å². The van der Waals surface area contributed by atoms with E-state index in [-0.39, 0.29) is 0 Å². The van der Waals surface area contributed by atoms with Crippen LogP contribution in [0.1, 0.15) is 24.3 Å². The molecular weight excluding hydrogens is 242 g/mol. The van der Waals surface area contributed by atoms with E-state index in [0.717, 1.165) is 10.7 Å². The van der Waals surface area contributed by atoms with Crippen molar-refractivity contribution in [3.8, 4) is 0 Å². The molecule has 2 aromatic rings. The molecule has 0 aliphatic heterocycles. The standard InChI is InChI=1S/C16H16ClN/c17-14-7-4-8-15(11-14)18-16-9-13(10-16)12-5-2-1-3-6-12/h1-8,11,13,16,18H,9-10H2. The number of rotatable bonds is 3. The van der Waals surface area contributed by atoms with Gasteiger partial charge in [0, 0.05) is 16.8 Å². The fourth-order valence-corrected chi connectivity index (χ4v) is 2.74. The van der Waals surface area contributed by atoms with Crippen molar-refractivity contribution in [2.24, 2.45) is 0 Å². The first-order valence-electron chi connectivity index (χ1n) is 6.38. The second kappa shape index (κ2) is 5.03. The molecule has 0 bridgehead atoms. The fourth-order valence-electron chi connectivity index (χ4n) is 2.55. The first-order valence-corrected chi connectivity index (χ1v) is 6.76. The summed E-state index contributed by atoms with van der Waals surface area (Å²) in [5.41, 5.74) is 2.58. The Kier molecular flexibility index (Phi) is 3.24. The van der Waals surface area contributed by atoms with Crippen LogP contribution in [0.15, 0.2) is 54.6 Å². The number of nitrogens with one attached hydrogen (secondary N) is 1. The molecule has 1 fully saturated rings. The van der Waals surface area contributed by atoms with E-state index in [4.69, 9.17) is 11.6 Å². The average molecular weight is 258 g/mol. The van der Waals surface area contributed by atoms with Gasteiger partial charge < -0.3 is 5.32 Å². The van der Waals surface area contributed by atoms with Gasteiger partial charge in [0.1, 0.15) is 0 Å². The molecule has 1 aliphatic carbocycles. The van der Waals surface area contributed by atoms with E-state index in [0.29, 0.717) is 12.0 Å². The normalized spacial score (nSPS) is 22.3. The minimum absolute atomic E-state index is 0.577. The lowest BCUT2D eigenvalue weighted by molar-refractivity contribution is 0.374. The third-order valence-electron chi connectivity index (χ3n) is 3.60. The van der Waals surface area contributed by atoms with Gasteiger partial charge >= 0.3 is 0 Å². The van der Waals surface area contributed by atoms with Gasteiger partial charge in [-0.1, -0.05) is 48.0 Å². The molecule has 0 unspecified atom stereocenters. The minimum atomic E-state index is 0.577. The minimum Gasteiger partial charge on any atom is -0.382 e. The lowest BCUT2D eigenvalue weighted by atomic mass is 9.76. The Bertz CT molecular complexity index is 518. The molecule has 0 heterocycles. The van der Waals surface area contributed by atoms with Crippen LogP contribution in [0, 0.1) is 0 Å². The van der Waals surface area contributed by atoms with Crippen molar-refractivity contribution in [2.75, 3.05) is 5.32 Å². The van der Waals surface area contributed by atoms with E-state index in [2.05, 4.69) is 41.7 Å². The van der Waals surface area contributed by atoms with E-state index in [9.17, 15) is 0 Å². The predicted molar refractivity (Wildman–Crippen MR) is 77.3 cm³/mol. The molecule has 1 N–H and O–H groups in total. The highest BCUT2D eigenvalue weighted by Crippen LogP contribution is 2.38. The molecule has 1 nitrogen and oxygen atoms in total. The van der Waals surface area contributed by atoms with E-state index in [1.165, 1.54) is 18.4 Å². The highest BCUT2D eigenvalue weighted by molar-refractivity contribution is 6.30. The summed E-state index contributed by atoms with van der Waals surface area (Å²) in [6.07, 6.45) is 2.41. The van der Waals surface area contributed by atoms with Crippen LogP contribution < -0.4 is 5.32 Å². The van der Waals surface area contributed by atoms with Crippen LogP contribution in [-0.4, -0.2) is 6.04 Å². The summed E-state index contributed by atoms with van der Waals surface area (Å²) in [6.45, 7) is 0. The monoisotopic (exact) mass is 257 g/mol. The lowest BCUT2D eigenvalue weighted by Crippen LogP contribution is -2.33. The SMILES string of the molecule is Clc1cccc(NC2CC(c3ccccc3)C2)c1. The van der Waals surface area contributed by atoms with Gasteiger partial charge in [-0.25, -0.2) is 0 Å². The zero-order valence-electron chi connectivity index (χ0n) is 10.1. The molecule has 0 amide bonds. The van der Waals surface area contributed by atoms with Crippen LogP contribution in [0.25, 0.3) is 0 Å². The summed E-state index contributed by atoms with van der Waals surface area (Å²) in [6, 6.07) is 19.3. The van der Waals surface area contributed by atoms with Gasteiger partial charge in [0.2, 0.25) is 0 Å². The summed E-state index contributed by atoms with van der Waals surface area (Å²) >= 11 is 5.97. The van der Waals surface area contributed by atoms with Crippen molar-refractivity contribution in [2.45, 2.75) is 24.8 Å². The summed E-state index contributed by atoms with van der Waals surface area (Å²) in [5, 5.41) is 4.33. The molecule has 3 rings (SSSR count). The Morgan fingerprint density at radius 2 is 1.72 bits per heavy atom.